The molecule has 0 aliphatic heterocycles. The van der Waals surface area contributed by atoms with Crippen LogP contribution in [0.5, 0.6) is 0 Å². The van der Waals surface area contributed by atoms with Gasteiger partial charge in [0, 0.05) is 11.4 Å². The molecule has 2 aromatic carbocycles. The maximum atomic E-state index is 13.2. The standard InChI is InChI=1S/C17H18ClFO/c1-11-3-4-13(7-12(11)2)8-16(20)10-14-9-15(19)5-6-17(14)18/h3-7,9,16,20H,8,10H2,1-2H3. The molecule has 1 nitrogen and oxygen atoms in total. The van der Waals surface area contributed by atoms with Gasteiger partial charge in [0.1, 0.15) is 5.82 Å². The van der Waals surface area contributed by atoms with Crippen LogP contribution in [0, 0.1) is 19.7 Å². The summed E-state index contributed by atoms with van der Waals surface area (Å²) in [7, 11) is 0. The van der Waals surface area contributed by atoms with Crippen LogP contribution in [0.15, 0.2) is 36.4 Å². The van der Waals surface area contributed by atoms with E-state index in [0.29, 0.717) is 23.4 Å². The molecule has 1 atom stereocenters. The monoisotopic (exact) mass is 292 g/mol. The first-order valence-corrected chi connectivity index (χ1v) is 7.01. The molecule has 1 N–H and O–H groups in total. The number of halogens is 2. The molecule has 0 amide bonds. The van der Waals surface area contributed by atoms with Gasteiger partial charge < -0.3 is 5.11 Å². The van der Waals surface area contributed by atoms with Crippen LogP contribution in [-0.2, 0) is 12.8 Å². The molecule has 0 aliphatic carbocycles. The minimum absolute atomic E-state index is 0.331. The second-order valence-corrected chi connectivity index (χ2v) is 5.62. The van der Waals surface area contributed by atoms with E-state index in [1.807, 2.05) is 12.1 Å². The summed E-state index contributed by atoms with van der Waals surface area (Å²) in [5.41, 5.74) is 4.16. The van der Waals surface area contributed by atoms with Crippen LogP contribution in [0.25, 0.3) is 0 Å². The number of hydrogen-bond acceptors (Lipinski definition) is 1. The van der Waals surface area contributed by atoms with Crippen molar-refractivity contribution in [1.82, 2.24) is 0 Å². The minimum atomic E-state index is -0.573. The van der Waals surface area contributed by atoms with E-state index in [1.54, 1.807) is 0 Å². The van der Waals surface area contributed by atoms with Crippen molar-refractivity contribution in [3.8, 4) is 0 Å². The molecular weight excluding hydrogens is 275 g/mol. The molecular formula is C17H18ClFO. The Kier molecular flexibility index (Phi) is 4.79. The second kappa shape index (κ2) is 6.38. The van der Waals surface area contributed by atoms with E-state index < -0.39 is 6.10 Å². The van der Waals surface area contributed by atoms with Crippen LogP contribution in [0.3, 0.4) is 0 Å². The number of aryl methyl sites for hydroxylation is 2. The Morgan fingerprint density at radius 3 is 2.50 bits per heavy atom. The highest BCUT2D eigenvalue weighted by Crippen LogP contribution is 2.20. The van der Waals surface area contributed by atoms with E-state index in [1.165, 1.54) is 29.3 Å². The van der Waals surface area contributed by atoms with Crippen molar-refractivity contribution in [2.45, 2.75) is 32.8 Å². The Morgan fingerprint density at radius 2 is 1.80 bits per heavy atom. The quantitative estimate of drug-likeness (QED) is 0.893. The fraction of sp³-hybridized carbons (Fsp3) is 0.294. The Bertz CT molecular complexity index is 610. The van der Waals surface area contributed by atoms with Crippen LogP contribution in [0.2, 0.25) is 5.02 Å². The van der Waals surface area contributed by atoms with Crippen molar-refractivity contribution in [2.75, 3.05) is 0 Å². The first-order chi connectivity index (χ1) is 9.45. The van der Waals surface area contributed by atoms with E-state index >= 15 is 0 Å². The third-order valence-electron chi connectivity index (χ3n) is 3.51. The van der Waals surface area contributed by atoms with Gasteiger partial charge in [0.15, 0.2) is 0 Å². The molecule has 0 bridgehead atoms. The first-order valence-electron chi connectivity index (χ1n) is 6.64. The van der Waals surface area contributed by atoms with Crippen LogP contribution >= 0.6 is 11.6 Å². The SMILES string of the molecule is Cc1ccc(CC(O)Cc2cc(F)ccc2Cl)cc1C. The van der Waals surface area contributed by atoms with Crippen molar-refractivity contribution in [3.63, 3.8) is 0 Å². The molecule has 1 unspecified atom stereocenters. The lowest BCUT2D eigenvalue weighted by molar-refractivity contribution is 0.175. The Morgan fingerprint density at radius 1 is 1.05 bits per heavy atom. The maximum absolute atomic E-state index is 13.2. The Hall–Kier alpha value is -1.38. The van der Waals surface area contributed by atoms with E-state index in [2.05, 4.69) is 19.9 Å². The smallest absolute Gasteiger partial charge is 0.123 e. The Labute approximate surface area is 124 Å². The lowest BCUT2D eigenvalue weighted by Crippen LogP contribution is -2.14. The van der Waals surface area contributed by atoms with Gasteiger partial charge in [-0.1, -0.05) is 29.8 Å². The highest BCUT2D eigenvalue weighted by Gasteiger charge is 2.11. The molecule has 2 aromatic rings. The summed E-state index contributed by atoms with van der Waals surface area (Å²) in [6.45, 7) is 4.11. The van der Waals surface area contributed by atoms with Crippen LogP contribution < -0.4 is 0 Å². The largest absolute Gasteiger partial charge is 0.392 e. The van der Waals surface area contributed by atoms with Crippen LogP contribution in [0.1, 0.15) is 22.3 Å². The first kappa shape index (κ1) is 15.0. The van der Waals surface area contributed by atoms with Gasteiger partial charge in [0.25, 0.3) is 0 Å². The van der Waals surface area contributed by atoms with Gasteiger partial charge in [-0.05, 0) is 60.7 Å². The van der Waals surface area contributed by atoms with Gasteiger partial charge in [-0.15, -0.1) is 0 Å². The normalized spacial score (nSPS) is 12.4. The number of benzene rings is 2. The summed E-state index contributed by atoms with van der Waals surface area (Å²) in [6.07, 6.45) is 0.314. The Balaban J connectivity index is 2.06. The van der Waals surface area contributed by atoms with Gasteiger partial charge in [0.05, 0.1) is 6.10 Å². The molecule has 0 heterocycles. The average molecular weight is 293 g/mol. The molecule has 0 spiro atoms. The topological polar surface area (TPSA) is 20.2 Å². The zero-order valence-corrected chi connectivity index (χ0v) is 12.4. The summed E-state index contributed by atoms with van der Waals surface area (Å²) < 4.78 is 13.2. The average Bonchev–Trinajstić information content (AvgIpc) is 2.38. The predicted molar refractivity (Wildman–Crippen MR) is 80.7 cm³/mol. The summed E-state index contributed by atoms with van der Waals surface area (Å²) in [4.78, 5) is 0. The third-order valence-corrected chi connectivity index (χ3v) is 3.87. The summed E-state index contributed by atoms with van der Waals surface area (Å²) in [6, 6.07) is 10.4. The molecule has 3 heteroatoms. The number of rotatable bonds is 4. The van der Waals surface area contributed by atoms with Gasteiger partial charge >= 0.3 is 0 Å². The number of hydrogen-bond donors (Lipinski definition) is 1. The fourth-order valence-corrected chi connectivity index (χ4v) is 2.42. The number of aliphatic hydroxyl groups excluding tert-OH is 1. The van der Waals surface area contributed by atoms with Gasteiger partial charge in [-0.25, -0.2) is 4.39 Å². The third kappa shape index (κ3) is 3.81. The molecule has 0 radical (unpaired) electrons. The molecule has 20 heavy (non-hydrogen) atoms. The molecule has 2 rings (SSSR count). The molecule has 106 valence electrons. The van der Waals surface area contributed by atoms with Gasteiger partial charge in [0.2, 0.25) is 0 Å². The summed E-state index contributed by atoms with van der Waals surface area (Å²) in [5, 5.41) is 10.6. The van der Waals surface area contributed by atoms with E-state index in [0.717, 1.165) is 5.56 Å². The molecule has 0 aromatic heterocycles. The van der Waals surface area contributed by atoms with Crippen molar-refractivity contribution < 1.29 is 9.50 Å². The zero-order valence-electron chi connectivity index (χ0n) is 11.7. The second-order valence-electron chi connectivity index (χ2n) is 5.22. The molecule has 0 saturated heterocycles. The maximum Gasteiger partial charge on any atom is 0.123 e. The van der Waals surface area contributed by atoms with Gasteiger partial charge in [-0.3, -0.25) is 0 Å². The van der Waals surface area contributed by atoms with Crippen molar-refractivity contribution in [3.05, 3.63) is 69.5 Å². The molecule has 0 saturated carbocycles. The zero-order chi connectivity index (χ0) is 14.7. The lowest BCUT2D eigenvalue weighted by atomic mass is 9.98. The fourth-order valence-electron chi connectivity index (χ4n) is 2.23. The molecule has 0 fully saturated rings. The van der Waals surface area contributed by atoms with Crippen LogP contribution in [0.4, 0.5) is 4.39 Å². The van der Waals surface area contributed by atoms with Crippen molar-refractivity contribution >= 4 is 11.6 Å². The van der Waals surface area contributed by atoms with E-state index in [-0.39, 0.29) is 5.82 Å². The van der Waals surface area contributed by atoms with Crippen LogP contribution in [-0.4, -0.2) is 11.2 Å². The lowest BCUT2D eigenvalue weighted by Gasteiger charge is -2.13. The highest BCUT2D eigenvalue weighted by molar-refractivity contribution is 6.31. The van der Waals surface area contributed by atoms with Gasteiger partial charge in [-0.2, -0.15) is 0 Å². The van der Waals surface area contributed by atoms with Crippen molar-refractivity contribution in [2.24, 2.45) is 0 Å². The van der Waals surface area contributed by atoms with E-state index in [9.17, 15) is 9.50 Å². The van der Waals surface area contributed by atoms with E-state index in [4.69, 9.17) is 11.6 Å². The summed E-state index contributed by atoms with van der Waals surface area (Å²) in [5.74, 6) is -0.331. The summed E-state index contributed by atoms with van der Waals surface area (Å²) >= 11 is 6.01. The highest BCUT2D eigenvalue weighted by atomic mass is 35.5. The van der Waals surface area contributed by atoms with Crippen molar-refractivity contribution in [1.29, 1.82) is 0 Å². The number of aliphatic hydroxyl groups is 1. The predicted octanol–water partition coefficient (Wildman–Crippen LogP) is 4.24. The minimum Gasteiger partial charge on any atom is -0.392 e. The molecule has 0 aliphatic rings.